The first-order chi connectivity index (χ1) is 8.97. The lowest BCUT2D eigenvalue weighted by Crippen LogP contribution is -2.20. The van der Waals surface area contributed by atoms with Crippen LogP contribution >= 0.6 is 0 Å². The van der Waals surface area contributed by atoms with Crippen LogP contribution in [0, 0.1) is 32.6 Å². The molecule has 0 heterocycles. The summed E-state index contributed by atoms with van der Waals surface area (Å²) in [7, 11) is 0. The number of anilines is 1. The molecule has 1 aromatic carbocycles. The third kappa shape index (κ3) is 3.09. The molecule has 0 aliphatic heterocycles. The summed E-state index contributed by atoms with van der Waals surface area (Å²) in [6, 6.07) is 4.51. The number of nitrogens with one attached hydrogen (secondary N) is 1. The van der Waals surface area contributed by atoms with Crippen molar-refractivity contribution >= 4 is 5.69 Å². The van der Waals surface area contributed by atoms with Gasteiger partial charge < -0.3 is 5.32 Å². The van der Waals surface area contributed by atoms with Gasteiger partial charge in [0.1, 0.15) is 6.04 Å². The fourth-order valence-corrected chi connectivity index (χ4v) is 2.54. The Bertz CT molecular complexity index is 598. The van der Waals surface area contributed by atoms with Crippen LogP contribution in [0.15, 0.2) is 35.4 Å². The third-order valence-corrected chi connectivity index (χ3v) is 3.40. The number of rotatable bonds is 2. The van der Waals surface area contributed by atoms with Crippen LogP contribution in [-0.4, -0.2) is 6.04 Å². The molecule has 1 N–H and O–H groups in total. The van der Waals surface area contributed by atoms with Crippen molar-refractivity contribution in [2.24, 2.45) is 0 Å². The fraction of sp³-hybridized carbons (Fsp3) is 0.333. The van der Waals surface area contributed by atoms with E-state index in [1.165, 1.54) is 33.5 Å². The number of hydrogen-bond donors (Lipinski definition) is 1. The first-order valence-electron chi connectivity index (χ1n) is 6.68. The van der Waals surface area contributed by atoms with Gasteiger partial charge in [0.2, 0.25) is 0 Å². The molecule has 2 rings (SSSR count). The topological polar surface area (TPSA) is 12.0 Å². The minimum Gasteiger partial charge on any atom is -0.368 e. The van der Waals surface area contributed by atoms with E-state index in [0.29, 0.717) is 0 Å². The van der Waals surface area contributed by atoms with Crippen LogP contribution in [0.1, 0.15) is 30.5 Å². The first-order valence-corrected chi connectivity index (χ1v) is 6.68. The Hall–Kier alpha value is -1.94. The zero-order valence-corrected chi connectivity index (χ0v) is 12.4. The predicted molar refractivity (Wildman–Crippen MR) is 83.4 cm³/mol. The predicted octanol–water partition coefficient (Wildman–Crippen LogP) is 4.30. The number of aryl methyl sites for hydroxylation is 3. The van der Waals surface area contributed by atoms with Crippen LogP contribution in [0.25, 0.3) is 0 Å². The lowest BCUT2D eigenvalue weighted by molar-refractivity contribution is 1.04. The van der Waals surface area contributed by atoms with Crippen LogP contribution in [0.4, 0.5) is 5.69 Å². The molecule has 0 radical (unpaired) electrons. The average Bonchev–Trinajstić information content (AvgIpc) is 2.45. The molecule has 0 aromatic heterocycles. The van der Waals surface area contributed by atoms with E-state index in [1.54, 1.807) is 0 Å². The molecule has 1 atom stereocenters. The van der Waals surface area contributed by atoms with E-state index >= 15 is 0 Å². The minimum absolute atomic E-state index is 0.0915. The molecule has 1 aromatic rings. The van der Waals surface area contributed by atoms with E-state index in [4.69, 9.17) is 0 Å². The van der Waals surface area contributed by atoms with Gasteiger partial charge in [-0.05, 0) is 63.0 Å². The summed E-state index contributed by atoms with van der Waals surface area (Å²) >= 11 is 0. The van der Waals surface area contributed by atoms with Crippen molar-refractivity contribution in [3.8, 4) is 11.8 Å². The molecular weight excluding hydrogens is 230 g/mol. The second kappa shape index (κ2) is 5.36. The number of benzene rings is 1. The second-order valence-corrected chi connectivity index (χ2v) is 5.42. The molecule has 1 heteroatoms. The van der Waals surface area contributed by atoms with Gasteiger partial charge in [-0.15, -0.1) is 0 Å². The molecule has 98 valence electrons. The molecule has 0 saturated heterocycles. The number of hydrogen-bond acceptors (Lipinski definition) is 1. The van der Waals surface area contributed by atoms with Crippen molar-refractivity contribution in [1.29, 1.82) is 0 Å². The highest BCUT2D eigenvalue weighted by molar-refractivity contribution is 5.61. The minimum atomic E-state index is 0.0915. The normalized spacial score (nSPS) is 17.8. The van der Waals surface area contributed by atoms with Gasteiger partial charge in [-0.2, -0.15) is 0 Å². The van der Waals surface area contributed by atoms with Gasteiger partial charge in [0, 0.05) is 5.69 Å². The van der Waals surface area contributed by atoms with Gasteiger partial charge in [-0.3, -0.25) is 0 Å². The summed E-state index contributed by atoms with van der Waals surface area (Å²) in [5, 5.41) is 3.58. The van der Waals surface area contributed by atoms with E-state index in [9.17, 15) is 0 Å². The summed E-state index contributed by atoms with van der Waals surface area (Å²) in [6.45, 7) is 10.6. The van der Waals surface area contributed by atoms with Gasteiger partial charge in [-0.1, -0.05) is 35.6 Å². The van der Waals surface area contributed by atoms with E-state index in [2.05, 4.69) is 70.0 Å². The maximum atomic E-state index is 3.58. The maximum Gasteiger partial charge on any atom is 0.110 e. The Balaban J connectivity index is 2.32. The van der Waals surface area contributed by atoms with Crippen LogP contribution in [0.2, 0.25) is 0 Å². The zero-order chi connectivity index (χ0) is 14.0. The quantitative estimate of drug-likeness (QED) is 0.773. The van der Waals surface area contributed by atoms with Crippen LogP contribution in [0.3, 0.4) is 0 Å². The van der Waals surface area contributed by atoms with Crippen molar-refractivity contribution in [3.05, 3.63) is 52.1 Å². The Morgan fingerprint density at radius 2 is 1.63 bits per heavy atom. The SMILES string of the molecule is CC1=CC#CC(Nc2c(C)cc(C)cc2C)C(C)=C1. The highest BCUT2D eigenvalue weighted by Crippen LogP contribution is 2.24. The largest absolute Gasteiger partial charge is 0.368 e. The Kier molecular flexibility index (Phi) is 3.81. The Morgan fingerprint density at radius 3 is 2.26 bits per heavy atom. The first kappa shape index (κ1) is 13.5. The van der Waals surface area contributed by atoms with Crippen molar-refractivity contribution in [3.63, 3.8) is 0 Å². The second-order valence-electron chi connectivity index (χ2n) is 5.42. The standard InChI is InChI=1S/C18H21N/c1-12-7-6-8-17(14(3)9-12)19-18-15(4)10-13(2)11-16(18)5/h7,9-11,17,19H,1-5H3. The Morgan fingerprint density at radius 1 is 1.00 bits per heavy atom. The van der Waals surface area contributed by atoms with Gasteiger partial charge in [0.25, 0.3) is 0 Å². The van der Waals surface area contributed by atoms with Gasteiger partial charge >= 0.3 is 0 Å². The van der Waals surface area contributed by atoms with Crippen molar-refractivity contribution in [2.75, 3.05) is 5.32 Å². The Labute approximate surface area is 116 Å². The van der Waals surface area contributed by atoms with Gasteiger partial charge in [0.05, 0.1) is 0 Å². The van der Waals surface area contributed by atoms with Crippen LogP contribution in [-0.2, 0) is 0 Å². The molecular formula is C18H21N. The maximum absolute atomic E-state index is 3.58. The molecule has 0 fully saturated rings. The summed E-state index contributed by atoms with van der Waals surface area (Å²) in [5.74, 6) is 6.39. The van der Waals surface area contributed by atoms with E-state index in [-0.39, 0.29) is 6.04 Å². The van der Waals surface area contributed by atoms with Crippen molar-refractivity contribution in [1.82, 2.24) is 0 Å². The van der Waals surface area contributed by atoms with Crippen LogP contribution in [0.5, 0.6) is 0 Å². The van der Waals surface area contributed by atoms with E-state index in [0.717, 1.165) is 0 Å². The summed E-state index contributed by atoms with van der Waals surface area (Å²) in [6.07, 6.45) is 4.16. The monoisotopic (exact) mass is 251 g/mol. The smallest absolute Gasteiger partial charge is 0.110 e. The van der Waals surface area contributed by atoms with Gasteiger partial charge in [0.15, 0.2) is 0 Å². The summed E-state index contributed by atoms with van der Waals surface area (Å²) in [5.41, 5.74) is 7.54. The summed E-state index contributed by atoms with van der Waals surface area (Å²) < 4.78 is 0. The van der Waals surface area contributed by atoms with Crippen molar-refractivity contribution < 1.29 is 0 Å². The lowest BCUT2D eigenvalue weighted by Gasteiger charge is -2.19. The molecule has 1 aliphatic carbocycles. The molecule has 1 aliphatic rings. The zero-order valence-electron chi connectivity index (χ0n) is 12.4. The fourth-order valence-electron chi connectivity index (χ4n) is 2.54. The molecule has 0 amide bonds. The van der Waals surface area contributed by atoms with Crippen LogP contribution < -0.4 is 5.32 Å². The molecule has 0 bridgehead atoms. The highest BCUT2D eigenvalue weighted by Gasteiger charge is 2.12. The molecule has 19 heavy (non-hydrogen) atoms. The molecule has 1 nitrogen and oxygen atoms in total. The van der Waals surface area contributed by atoms with E-state index in [1.807, 2.05) is 6.08 Å². The van der Waals surface area contributed by atoms with Crippen molar-refractivity contribution in [2.45, 2.75) is 40.7 Å². The van der Waals surface area contributed by atoms with E-state index < -0.39 is 0 Å². The third-order valence-electron chi connectivity index (χ3n) is 3.40. The summed E-state index contributed by atoms with van der Waals surface area (Å²) in [4.78, 5) is 0. The average molecular weight is 251 g/mol. The molecule has 0 spiro atoms. The highest BCUT2D eigenvalue weighted by atomic mass is 14.9. The lowest BCUT2D eigenvalue weighted by atomic mass is 10.0. The molecule has 1 unspecified atom stereocenters. The number of allylic oxidation sites excluding steroid dienone is 3. The molecule has 0 saturated carbocycles. The van der Waals surface area contributed by atoms with Gasteiger partial charge in [-0.25, -0.2) is 0 Å².